The second-order valence-corrected chi connectivity index (χ2v) is 6.35. The van der Waals surface area contributed by atoms with Gasteiger partial charge in [-0.25, -0.2) is 4.39 Å². The topological polar surface area (TPSA) is 96.0 Å². The standard InChI is InChI=1S/C18H13F4N3O4/c19-13-5-3-12(4-6-13)15-10-17(27,18(20,21)22)24(23-15)16(26)9-11-1-7-14(8-2-11)25(28)29/h1-8,27H,9-10H2/t17-/m0/s1. The number of halogens is 4. The Hall–Kier alpha value is -3.34. The molecule has 0 aromatic heterocycles. The van der Waals surface area contributed by atoms with Gasteiger partial charge in [-0.15, -0.1) is 0 Å². The van der Waals surface area contributed by atoms with Gasteiger partial charge in [-0.1, -0.05) is 24.3 Å². The first-order valence-electron chi connectivity index (χ1n) is 8.20. The van der Waals surface area contributed by atoms with E-state index < -0.39 is 41.4 Å². The van der Waals surface area contributed by atoms with Gasteiger partial charge in [0.05, 0.1) is 23.5 Å². The summed E-state index contributed by atoms with van der Waals surface area (Å²) in [4.78, 5) is 22.5. The Morgan fingerprint density at radius 3 is 2.28 bits per heavy atom. The predicted molar refractivity (Wildman–Crippen MR) is 92.2 cm³/mol. The van der Waals surface area contributed by atoms with Crippen molar-refractivity contribution in [3.63, 3.8) is 0 Å². The van der Waals surface area contributed by atoms with Crippen LogP contribution in [-0.4, -0.2) is 38.6 Å². The summed E-state index contributed by atoms with van der Waals surface area (Å²) in [5.74, 6) is -1.76. The van der Waals surface area contributed by atoms with Crippen LogP contribution in [0.3, 0.4) is 0 Å². The summed E-state index contributed by atoms with van der Waals surface area (Å²) in [6.45, 7) is 0. The van der Waals surface area contributed by atoms with Crippen molar-refractivity contribution < 1.29 is 32.4 Å². The van der Waals surface area contributed by atoms with Gasteiger partial charge in [0.2, 0.25) is 5.91 Å². The van der Waals surface area contributed by atoms with Crippen LogP contribution in [0.5, 0.6) is 0 Å². The number of hydrazone groups is 1. The first-order valence-corrected chi connectivity index (χ1v) is 8.20. The van der Waals surface area contributed by atoms with Crippen molar-refractivity contribution in [2.75, 3.05) is 0 Å². The summed E-state index contributed by atoms with van der Waals surface area (Å²) in [5, 5.41) is 24.5. The van der Waals surface area contributed by atoms with Gasteiger partial charge in [-0.05, 0) is 23.3 Å². The maximum atomic E-state index is 13.5. The lowest BCUT2D eigenvalue weighted by atomic mass is 10.0. The quantitative estimate of drug-likeness (QED) is 0.475. The molecule has 0 saturated heterocycles. The molecule has 0 spiro atoms. The number of nitro groups is 1. The normalized spacial score (nSPS) is 19.2. The molecule has 0 unspecified atom stereocenters. The van der Waals surface area contributed by atoms with E-state index in [1.54, 1.807) is 0 Å². The number of hydrogen-bond acceptors (Lipinski definition) is 5. The summed E-state index contributed by atoms with van der Waals surface area (Å²) in [6.07, 6.45) is -6.80. The lowest BCUT2D eigenvalue weighted by Gasteiger charge is -2.32. The molecular weight excluding hydrogens is 398 g/mol. The molecule has 0 aliphatic carbocycles. The molecule has 29 heavy (non-hydrogen) atoms. The molecule has 1 aliphatic rings. The van der Waals surface area contributed by atoms with Crippen LogP contribution in [0.25, 0.3) is 0 Å². The number of carbonyl (C=O) groups excluding carboxylic acids is 1. The molecule has 7 nitrogen and oxygen atoms in total. The van der Waals surface area contributed by atoms with E-state index in [2.05, 4.69) is 5.10 Å². The molecule has 1 heterocycles. The van der Waals surface area contributed by atoms with Gasteiger partial charge >= 0.3 is 6.18 Å². The highest BCUT2D eigenvalue weighted by Crippen LogP contribution is 2.41. The number of rotatable bonds is 4. The number of nitro benzene ring substituents is 1. The van der Waals surface area contributed by atoms with E-state index >= 15 is 0 Å². The van der Waals surface area contributed by atoms with Gasteiger partial charge in [0.1, 0.15) is 5.82 Å². The minimum atomic E-state index is -5.20. The van der Waals surface area contributed by atoms with E-state index in [4.69, 9.17) is 0 Å². The van der Waals surface area contributed by atoms with E-state index in [0.29, 0.717) is 0 Å². The molecule has 1 aliphatic heterocycles. The lowest BCUT2D eigenvalue weighted by molar-refractivity contribution is -0.384. The van der Waals surface area contributed by atoms with Gasteiger partial charge in [-0.3, -0.25) is 14.9 Å². The first kappa shape index (κ1) is 20.4. The van der Waals surface area contributed by atoms with Crippen molar-refractivity contribution in [1.29, 1.82) is 0 Å². The minimum Gasteiger partial charge on any atom is -0.362 e. The van der Waals surface area contributed by atoms with Crippen molar-refractivity contribution in [3.05, 3.63) is 75.6 Å². The second kappa shape index (κ2) is 7.24. The molecule has 0 bridgehead atoms. The Balaban J connectivity index is 1.90. The van der Waals surface area contributed by atoms with Gasteiger partial charge < -0.3 is 5.11 Å². The smallest absolute Gasteiger partial charge is 0.362 e. The molecule has 0 saturated carbocycles. The number of carbonyl (C=O) groups is 1. The Labute approximate surface area is 161 Å². The van der Waals surface area contributed by atoms with Crippen molar-refractivity contribution in [2.45, 2.75) is 24.7 Å². The summed E-state index contributed by atoms with van der Waals surface area (Å²) in [6, 6.07) is 9.08. The van der Waals surface area contributed by atoms with Crippen LogP contribution in [0.15, 0.2) is 53.6 Å². The first-order chi connectivity index (χ1) is 13.5. The zero-order valence-corrected chi connectivity index (χ0v) is 14.6. The fourth-order valence-corrected chi connectivity index (χ4v) is 2.82. The third kappa shape index (κ3) is 3.94. The highest BCUT2D eigenvalue weighted by Gasteiger charge is 2.63. The van der Waals surface area contributed by atoms with Gasteiger partial charge in [-0.2, -0.15) is 23.3 Å². The Kier molecular flexibility index (Phi) is 5.09. The van der Waals surface area contributed by atoms with E-state index in [0.717, 1.165) is 24.3 Å². The van der Waals surface area contributed by atoms with Crippen LogP contribution in [0.4, 0.5) is 23.2 Å². The maximum Gasteiger partial charge on any atom is 0.438 e. The number of hydrogen-bond donors (Lipinski definition) is 1. The second-order valence-electron chi connectivity index (χ2n) is 6.35. The Morgan fingerprint density at radius 1 is 1.17 bits per heavy atom. The average Bonchev–Trinajstić information content (AvgIpc) is 3.02. The van der Waals surface area contributed by atoms with Crippen LogP contribution in [0.2, 0.25) is 0 Å². The van der Waals surface area contributed by atoms with Crippen molar-refractivity contribution >= 4 is 17.3 Å². The van der Waals surface area contributed by atoms with Gasteiger partial charge in [0.15, 0.2) is 0 Å². The minimum absolute atomic E-state index is 0.0346. The zero-order valence-electron chi connectivity index (χ0n) is 14.6. The number of aliphatic hydroxyl groups is 1. The Bertz CT molecular complexity index is 974. The highest BCUT2D eigenvalue weighted by atomic mass is 19.4. The molecule has 2 aromatic carbocycles. The van der Waals surface area contributed by atoms with E-state index in [1.807, 2.05) is 0 Å². The zero-order chi connectivity index (χ0) is 21.4. The van der Waals surface area contributed by atoms with Crippen molar-refractivity contribution in [2.24, 2.45) is 5.10 Å². The van der Waals surface area contributed by atoms with Gasteiger partial charge in [0, 0.05) is 12.1 Å². The van der Waals surface area contributed by atoms with E-state index in [1.165, 1.54) is 24.3 Å². The molecule has 11 heteroatoms. The monoisotopic (exact) mass is 411 g/mol. The summed E-state index contributed by atoms with van der Waals surface area (Å²) in [7, 11) is 0. The largest absolute Gasteiger partial charge is 0.438 e. The maximum absolute atomic E-state index is 13.5. The number of benzene rings is 2. The molecule has 1 atom stereocenters. The molecule has 3 rings (SSSR count). The fourth-order valence-electron chi connectivity index (χ4n) is 2.82. The van der Waals surface area contributed by atoms with Crippen LogP contribution in [0, 0.1) is 15.9 Å². The number of alkyl halides is 3. The molecule has 1 amide bonds. The molecular formula is C18H13F4N3O4. The predicted octanol–water partition coefficient (Wildman–Crippen LogP) is 3.16. The van der Waals surface area contributed by atoms with Crippen LogP contribution >= 0.6 is 0 Å². The summed E-state index contributed by atoms with van der Waals surface area (Å²) >= 11 is 0. The molecule has 0 radical (unpaired) electrons. The Morgan fingerprint density at radius 2 is 1.76 bits per heavy atom. The third-order valence-electron chi connectivity index (χ3n) is 4.36. The fraction of sp³-hybridized carbons (Fsp3) is 0.222. The summed E-state index contributed by atoms with van der Waals surface area (Å²) in [5.41, 5.74) is -3.71. The number of amides is 1. The molecule has 1 N–H and O–H groups in total. The summed E-state index contributed by atoms with van der Waals surface area (Å²) < 4.78 is 53.7. The van der Waals surface area contributed by atoms with Gasteiger partial charge in [0.25, 0.3) is 11.4 Å². The van der Waals surface area contributed by atoms with E-state index in [9.17, 15) is 37.6 Å². The lowest BCUT2D eigenvalue weighted by Crippen LogP contribution is -2.57. The average molecular weight is 411 g/mol. The molecule has 0 fully saturated rings. The van der Waals surface area contributed by atoms with E-state index in [-0.39, 0.29) is 27.5 Å². The van der Waals surface area contributed by atoms with Crippen LogP contribution in [0.1, 0.15) is 17.5 Å². The highest BCUT2D eigenvalue weighted by molar-refractivity contribution is 6.03. The number of non-ortho nitro benzene ring substituents is 1. The SMILES string of the molecule is O=C(Cc1ccc([N+](=O)[O-])cc1)N1N=C(c2ccc(F)cc2)C[C@]1(O)C(F)(F)F. The van der Waals surface area contributed by atoms with Crippen molar-refractivity contribution in [3.8, 4) is 0 Å². The number of nitrogens with zero attached hydrogens (tertiary/aromatic N) is 3. The van der Waals surface area contributed by atoms with Crippen LogP contribution in [-0.2, 0) is 11.2 Å². The third-order valence-corrected chi connectivity index (χ3v) is 4.36. The van der Waals surface area contributed by atoms with Crippen LogP contribution < -0.4 is 0 Å². The van der Waals surface area contributed by atoms with Crippen molar-refractivity contribution in [1.82, 2.24) is 5.01 Å². The molecule has 2 aromatic rings. The molecule has 152 valence electrons.